The van der Waals surface area contributed by atoms with Gasteiger partial charge in [-0.1, -0.05) is 13.0 Å². The van der Waals surface area contributed by atoms with Crippen molar-refractivity contribution in [2.45, 2.75) is 33.2 Å². The van der Waals surface area contributed by atoms with Crippen LogP contribution in [0.5, 0.6) is 5.75 Å². The molecule has 0 aliphatic rings. The van der Waals surface area contributed by atoms with Crippen LogP contribution in [0, 0.1) is 6.92 Å². The van der Waals surface area contributed by atoms with Gasteiger partial charge in [-0.15, -0.1) is 0 Å². The third-order valence-electron chi connectivity index (χ3n) is 3.29. The lowest BCUT2D eigenvalue weighted by Crippen LogP contribution is -2.44. The summed E-state index contributed by atoms with van der Waals surface area (Å²) in [5.41, 5.74) is 1.50. The molecule has 0 radical (unpaired) electrons. The van der Waals surface area contributed by atoms with Gasteiger partial charge < -0.3 is 20.1 Å². The van der Waals surface area contributed by atoms with Crippen LogP contribution in [-0.2, 0) is 4.79 Å². The minimum Gasteiger partial charge on any atom is -0.495 e. The molecule has 21 heavy (non-hydrogen) atoms. The van der Waals surface area contributed by atoms with Crippen molar-refractivity contribution in [3.63, 3.8) is 0 Å². The molecule has 0 bridgehead atoms. The molecule has 0 spiro atoms. The first kappa shape index (κ1) is 16.8. The number of urea groups is 1. The molecule has 2 amide bonds. The highest BCUT2D eigenvalue weighted by Crippen LogP contribution is 2.25. The van der Waals surface area contributed by atoms with Gasteiger partial charge in [0.05, 0.1) is 12.8 Å². The molecule has 1 atom stereocenters. The number of ether oxygens (including phenoxy) is 1. The minimum atomic E-state index is -1.04. The number of carbonyl (C=O) groups excluding carboxylic acids is 1. The Labute approximate surface area is 124 Å². The lowest BCUT2D eigenvalue weighted by atomic mass is 10.2. The molecule has 1 aromatic rings. The highest BCUT2D eigenvalue weighted by molar-refractivity contribution is 5.93. The van der Waals surface area contributed by atoms with Crippen LogP contribution in [0.25, 0.3) is 0 Å². The number of aryl methyl sites for hydroxylation is 1. The molecule has 1 unspecified atom stereocenters. The Balaban J connectivity index is 2.95. The van der Waals surface area contributed by atoms with E-state index in [0.717, 1.165) is 5.56 Å². The van der Waals surface area contributed by atoms with Crippen LogP contribution in [0.15, 0.2) is 18.2 Å². The lowest BCUT2D eigenvalue weighted by Gasteiger charge is -2.27. The van der Waals surface area contributed by atoms with Crippen molar-refractivity contribution in [1.29, 1.82) is 0 Å². The van der Waals surface area contributed by atoms with E-state index in [0.29, 0.717) is 17.9 Å². The predicted octanol–water partition coefficient (Wildman–Crippen LogP) is 2.72. The maximum atomic E-state index is 12.3. The molecule has 6 heteroatoms. The number of carboxylic acids is 1. The topological polar surface area (TPSA) is 78.9 Å². The Kier molecular flexibility index (Phi) is 6.02. The second-order valence-corrected chi connectivity index (χ2v) is 4.91. The molecule has 1 aromatic carbocycles. The molecule has 0 aliphatic carbocycles. The Morgan fingerprint density at radius 3 is 2.62 bits per heavy atom. The van der Waals surface area contributed by atoms with Crippen LogP contribution in [0.4, 0.5) is 10.5 Å². The zero-order valence-corrected chi connectivity index (χ0v) is 12.8. The maximum Gasteiger partial charge on any atom is 0.323 e. The number of methoxy groups -OCH3 is 1. The number of hydrogen-bond acceptors (Lipinski definition) is 3. The summed E-state index contributed by atoms with van der Waals surface area (Å²) in [6.45, 7) is 5.28. The van der Waals surface area contributed by atoms with Gasteiger partial charge in [0.1, 0.15) is 12.3 Å². The van der Waals surface area contributed by atoms with Gasteiger partial charge in [-0.2, -0.15) is 0 Å². The van der Waals surface area contributed by atoms with E-state index < -0.39 is 12.0 Å². The average Bonchev–Trinajstić information content (AvgIpc) is 2.44. The third-order valence-corrected chi connectivity index (χ3v) is 3.29. The van der Waals surface area contributed by atoms with Crippen molar-refractivity contribution in [2.75, 3.05) is 19.0 Å². The number of amides is 2. The van der Waals surface area contributed by atoms with Crippen LogP contribution >= 0.6 is 0 Å². The van der Waals surface area contributed by atoms with E-state index in [9.17, 15) is 9.59 Å². The second-order valence-electron chi connectivity index (χ2n) is 4.91. The quantitative estimate of drug-likeness (QED) is 0.845. The van der Waals surface area contributed by atoms with Gasteiger partial charge in [-0.25, -0.2) is 4.79 Å². The summed E-state index contributed by atoms with van der Waals surface area (Å²) in [6.07, 6.45) is 0.672. The van der Waals surface area contributed by atoms with Crippen molar-refractivity contribution in [1.82, 2.24) is 4.90 Å². The first-order chi connectivity index (χ1) is 9.88. The normalized spacial score (nSPS) is 11.6. The van der Waals surface area contributed by atoms with Crippen molar-refractivity contribution < 1.29 is 19.4 Å². The molecule has 0 fully saturated rings. The SMILES string of the molecule is CCC(C)N(CC(=O)O)C(=O)Nc1cc(C)ccc1OC. The van der Waals surface area contributed by atoms with E-state index in [2.05, 4.69) is 5.32 Å². The van der Waals surface area contributed by atoms with Crippen molar-refractivity contribution in [2.24, 2.45) is 0 Å². The van der Waals surface area contributed by atoms with Gasteiger partial charge in [0.15, 0.2) is 0 Å². The average molecular weight is 294 g/mol. The van der Waals surface area contributed by atoms with E-state index >= 15 is 0 Å². The molecule has 6 nitrogen and oxygen atoms in total. The Bertz CT molecular complexity index is 516. The van der Waals surface area contributed by atoms with Crippen LogP contribution in [-0.4, -0.2) is 41.7 Å². The van der Waals surface area contributed by atoms with Gasteiger partial charge in [0.2, 0.25) is 0 Å². The van der Waals surface area contributed by atoms with Gasteiger partial charge in [-0.3, -0.25) is 4.79 Å². The number of carboxylic acid groups (broad SMARTS) is 1. The smallest absolute Gasteiger partial charge is 0.323 e. The fourth-order valence-corrected chi connectivity index (χ4v) is 1.90. The molecule has 0 heterocycles. The van der Waals surface area contributed by atoms with Crippen LogP contribution in [0.3, 0.4) is 0 Å². The molecule has 1 rings (SSSR count). The molecule has 0 saturated carbocycles. The number of anilines is 1. The first-order valence-corrected chi connectivity index (χ1v) is 6.83. The number of nitrogens with zero attached hydrogens (tertiary/aromatic N) is 1. The highest BCUT2D eigenvalue weighted by atomic mass is 16.5. The number of aliphatic carboxylic acids is 1. The van der Waals surface area contributed by atoms with Gasteiger partial charge >= 0.3 is 12.0 Å². The van der Waals surface area contributed by atoms with Gasteiger partial charge in [-0.05, 0) is 38.0 Å². The number of hydrogen-bond donors (Lipinski definition) is 2. The van der Waals surface area contributed by atoms with Crippen molar-refractivity contribution in [3.8, 4) is 5.75 Å². The Morgan fingerprint density at radius 1 is 1.43 bits per heavy atom. The monoisotopic (exact) mass is 294 g/mol. The predicted molar refractivity (Wildman–Crippen MR) is 80.8 cm³/mol. The summed E-state index contributed by atoms with van der Waals surface area (Å²) in [5.74, 6) is -0.505. The molecular formula is C15H22N2O4. The summed E-state index contributed by atoms with van der Waals surface area (Å²) < 4.78 is 5.20. The Morgan fingerprint density at radius 2 is 2.10 bits per heavy atom. The molecule has 116 valence electrons. The summed E-state index contributed by atoms with van der Waals surface area (Å²) in [5, 5.41) is 11.7. The summed E-state index contributed by atoms with van der Waals surface area (Å²) in [4.78, 5) is 24.5. The van der Waals surface area contributed by atoms with Crippen molar-refractivity contribution in [3.05, 3.63) is 23.8 Å². The number of carbonyl (C=O) groups is 2. The van der Waals surface area contributed by atoms with Crippen molar-refractivity contribution >= 4 is 17.7 Å². The highest BCUT2D eigenvalue weighted by Gasteiger charge is 2.22. The number of benzene rings is 1. The molecule has 0 saturated heterocycles. The van der Waals surface area contributed by atoms with E-state index in [4.69, 9.17) is 9.84 Å². The summed E-state index contributed by atoms with van der Waals surface area (Å²) in [7, 11) is 1.52. The number of nitrogens with one attached hydrogen (secondary N) is 1. The minimum absolute atomic E-state index is 0.170. The zero-order chi connectivity index (χ0) is 16.0. The van der Waals surface area contributed by atoms with E-state index in [1.807, 2.05) is 26.8 Å². The standard InChI is InChI=1S/C15H22N2O4/c1-5-11(3)17(9-14(18)19)15(20)16-12-8-10(2)6-7-13(12)21-4/h6-8,11H,5,9H2,1-4H3,(H,16,20)(H,18,19). The summed E-state index contributed by atoms with van der Waals surface area (Å²) >= 11 is 0. The van der Waals surface area contributed by atoms with E-state index in [-0.39, 0.29) is 12.6 Å². The van der Waals surface area contributed by atoms with Crippen LogP contribution in [0.2, 0.25) is 0 Å². The maximum absolute atomic E-state index is 12.3. The summed E-state index contributed by atoms with van der Waals surface area (Å²) in [6, 6.07) is 4.80. The zero-order valence-electron chi connectivity index (χ0n) is 12.8. The van der Waals surface area contributed by atoms with Gasteiger partial charge in [0.25, 0.3) is 0 Å². The van der Waals surface area contributed by atoms with Crippen LogP contribution in [0.1, 0.15) is 25.8 Å². The lowest BCUT2D eigenvalue weighted by molar-refractivity contribution is -0.138. The fourth-order valence-electron chi connectivity index (χ4n) is 1.90. The first-order valence-electron chi connectivity index (χ1n) is 6.83. The van der Waals surface area contributed by atoms with Crippen LogP contribution < -0.4 is 10.1 Å². The molecular weight excluding hydrogens is 272 g/mol. The molecule has 0 aliphatic heterocycles. The van der Waals surface area contributed by atoms with E-state index in [1.54, 1.807) is 12.1 Å². The molecule has 2 N–H and O–H groups in total. The second kappa shape index (κ2) is 7.52. The molecule has 0 aromatic heterocycles. The number of rotatable bonds is 6. The Hall–Kier alpha value is -2.24. The third kappa shape index (κ3) is 4.66. The largest absolute Gasteiger partial charge is 0.495 e. The van der Waals surface area contributed by atoms with E-state index in [1.165, 1.54) is 12.0 Å². The van der Waals surface area contributed by atoms with Gasteiger partial charge in [0, 0.05) is 6.04 Å². The fraction of sp³-hybridized carbons (Fsp3) is 0.467.